The number of ether oxygens (including phenoxy) is 1. The predicted molar refractivity (Wildman–Crippen MR) is 99.3 cm³/mol. The molecule has 0 saturated carbocycles. The van der Waals surface area contributed by atoms with Crippen molar-refractivity contribution >= 4 is 34.8 Å². The fourth-order valence-corrected chi connectivity index (χ4v) is 2.92. The van der Waals surface area contributed by atoms with E-state index in [0.717, 1.165) is 0 Å². The van der Waals surface area contributed by atoms with Gasteiger partial charge in [-0.1, -0.05) is 11.6 Å². The number of anilines is 2. The molecule has 27 heavy (non-hydrogen) atoms. The molecule has 4 rings (SSSR count). The van der Waals surface area contributed by atoms with Crippen LogP contribution in [-0.4, -0.2) is 39.7 Å². The zero-order valence-corrected chi connectivity index (χ0v) is 14.8. The fraction of sp³-hybridized carbons (Fsp3) is 0.111. The largest absolute Gasteiger partial charge is 0.482 e. The Morgan fingerprint density at radius 2 is 2.15 bits per heavy atom. The zero-order valence-electron chi connectivity index (χ0n) is 14.0. The Balaban J connectivity index is 1.56. The van der Waals surface area contributed by atoms with E-state index in [-0.39, 0.29) is 25.0 Å². The molecule has 0 radical (unpaired) electrons. The first-order chi connectivity index (χ1) is 13.1. The Morgan fingerprint density at radius 1 is 1.26 bits per heavy atom. The minimum absolute atomic E-state index is 0.132. The Labute approximate surface area is 159 Å². The first-order valence-corrected chi connectivity index (χ1v) is 8.47. The van der Waals surface area contributed by atoms with E-state index in [9.17, 15) is 9.59 Å². The summed E-state index contributed by atoms with van der Waals surface area (Å²) in [6, 6.07) is 10.1. The number of amides is 2. The molecule has 0 aliphatic carbocycles. The maximum absolute atomic E-state index is 12.6. The van der Waals surface area contributed by atoms with Gasteiger partial charge >= 0.3 is 0 Å². The van der Waals surface area contributed by atoms with Crippen LogP contribution in [0.5, 0.6) is 5.75 Å². The summed E-state index contributed by atoms with van der Waals surface area (Å²) in [5.41, 5.74) is 0.950. The lowest BCUT2D eigenvalue weighted by molar-refractivity contribution is -0.123. The number of benzene rings is 1. The number of nitrogens with one attached hydrogen (secondary N) is 1. The average molecular weight is 384 g/mol. The lowest BCUT2D eigenvalue weighted by Crippen LogP contribution is -2.43. The minimum Gasteiger partial charge on any atom is -0.482 e. The summed E-state index contributed by atoms with van der Waals surface area (Å²) in [7, 11) is 0. The number of hydrogen-bond acceptors (Lipinski definition) is 5. The normalized spacial score (nSPS) is 13.1. The molecule has 3 heterocycles. The van der Waals surface area contributed by atoms with Crippen molar-refractivity contribution in [1.29, 1.82) is 0 Å². The Bertz CT molecular complexity index is 1010. The van der Waals surface area contributed by atoms with Gasteiger partial charge in [-0.25, -0.2) is 9.67 Å². The molecule has 0 unspecified atom stereocenters. The van der Waals surface area contributed by atoms with E-state index >= 15 is 0 Å². The molecule has 0 bridgehead atoms. The van der Waals surface area contributed by atoms with Crippen LogP contribution in [0.3, 0.4) is 0 Å². The first kappa shape index (κ1) is 17.0. The van der Waals surface area contributed by atoms with Gasteiger partial charge in [-0.3, -0.25) is 14.5 Å². The summed E-state index contributed by atoms with van der Waals surface area (Å²) in [5.74, 6) is 0.286. The van der Waals surface area contributed by atoms with Crippen molar-refractivity contribution in [3.05, 3.63) is 60.0 Å². The molecule has 3 aromatic rings. The van der Waals surface area contributed by atoms with Crippen LogP contribution in [0.25, 0.3) is 5.82 Å². The Hall–Kier alpha value is -3.39. The van der Waals surface area contributed by atoms with Crippen molar-refractivity contribution < 1.29 is 14.3 Å². The van der Waals surface area contributed by atoms with E-state index in [0.29, 0.717) is 28.0 Å². The smallest absolute Gasteiger partial charge is 0.265 e. The summed E-state index contributed by atoms with van der Waals surface area (Å²) >= 11 is 6.02. The van der Waals surface area contributed by atoms with Crippen LogP contribution in [-0.2, 0) is 9.59 Å². The number of halogens is 1. The van der Waals surface area contributed by atoms with Crippen LogP contribution >= 0.6 is 11.6 Å². The summed E-state index contributed by atoms with van der Waals surface area (Å²) in [6.07, 6.45) is 4.95. The van der Waals surface area contributed by atoms with E-state index in [1.54, 1.807) is 59.7 Å². The number of pyridine rings is 1. The molecule has 2 amide bonds. The maximum Gasteiger partial charge on any atom is 0.265 e. The van der Waals surface area contributed by atoms with Gasteiger partial charge in [0.1, 0.15) is 12.3 Å². The van der Waals surface area contributed by atoms with Crippen LogP contribution in [0.4, 0.5) is 11.4 Å². The monoisotopic (exact) mass is 383 g/mol. The second-order valence-electron chi connectivity index (χ2n) is 5.75. The van der Waals surface area contributed by atoms with E-state index in [1.165, 1.54) is 4.90 Å². The van der Waals surface area contributed by atoms with E-state index in [2.05, 4.69) is 15.4 Å². The molecule has 1 aromatic carbocycles. The van der Waals surface area contributed by atoms with Crippen molar-refractivity contribution in [2.45, 2.75) is 0 Å². The molecule has 0 fully saturated rings. The Kier molecular flexibility index (Phi) is 4.47. The minimum atomic E-state index is -0.377. The van der Waals surface area contributed by atoms with Gasteiger partial charge in [0.2, 0.25) is 5.91 Å². The fourth-order valence-electron chi connectivity index (χ4n) is 2.75. The highest BCUT2D eigenvalue weighted by atomic mass is 35.5. The summed E-state index contributed by atoms with van der Waals surface area (Å²) < 4.78 is 6.93. The molecule has 0 spiro atoms. The molecule has 0 saturated heterocycles. The number of aromatic nitrogens is 3. The van der Waals surface area contributed by atoms with Gasteiger partial charge in [0.15, 0.2) is 12.4 Å². The second-order valence-corrected chi connectivity index (χ2v) is 6.19. The lowest BCUT2D eigenvalue weighted by Gasteiger charge is -2.29. The summed E-state index contributed by atoms with van der Waals surface area (Å²) in [6.45, 7) is -0.309. The third-order valence-electron chi connectivity index (χ3n) is 3.95. The van der Waals surface area contributed by atoms with Crippen molar-refractivity contribution in [3.8, 4) is 11.6 Å². The molecule has 1 aliphatic rings. The van der Waals surface area contributed by atoms with Crippen molar-refractivity contribution in [3.63, 3.8) is 0 Å². The number of hydrogen-bond donors (Lipinski definition) is 1. The molecule has 1 N–H and O–H groups in total. The SMILES string of the molecule is O=C(CN1C(=O)COc2ccc(Cl)cc21)Nc1cccnc1-n1cccn1. The number of carbonyl (C=O) groups excluding carboxylic acids is 2. The summed E-state index contributed by atoms with van der Waals surface area (Å²) in [4.78, 5) is 30.5. The number of rotatable bonds is 4. The van der Waals surface area contributed by atoms with E-state index in [1.807, 2.05) is 0 Å². The van der Waals surface area contributed by atoms with Gasteiger partial charge < -0.3 is 10.1 Å². The molecule has 9 heteroatoms. The zero-order chi connectivity index (χ0) is 18.8. The van der Waals surface area contributed by atoms with Crippen LogP contribution < -0.4 is 15.0 Å². The molecule has 8 nitrogen and oxygen atoms in total. The second kappa shape index (κ2) is 7.08. The molecule has 1 aliphatic heterocycles. The molecule has 2 aromatic heterocycles. The first-order valence-electron chi connectivity index (χ1n) is 8.09. The van der Waals surface area contributed by atoms with Gasteiger partial charge in [0, 0.05) is 23.6 Å². The number of fused-ring (bicyclic) bond motifs is 1. The van der Waals surface area contributed by atoms with Gasteiger partial charge in [-0.15, -0.1) is 0 Å². The molecular formula is C18H14ClN5O3. The van der Waals surface area contributed by atoms with E-state index < -0.39 is 0 Å². The van der Waals surface area contributed by atoms with Gasteiger partial charge in [0.25, 0.3) is 5.91 Å². The van der Waals surface area contributed by atoms with E-state index in [4.69, 9.17) is 16.3 Å². The van der Waals surface area contributed by atoms with Crippen molar-refractivity contribution in [2.24, 2.45) is 0 Å². The van der Waals surface area contributed by atoms with Gasteiger partial charge in [-0.05, 0) is 36.4 Å². The molecule has 0 atom stereocenters. The average Bonchev–Trinajstić information content (AvgIpc) is 3.19. The quantitative estimate of drug-likeness (QED) is 0.746. The van der Waals surface area contributed by atoms with Crippen molar-refractivity contribution in [1.82, 2.24) is 14.8 Å². The predicted octanol–water partition coefficient (Wildman–Crippen LogP) is 2.28. The number of nitrogens with zero attached hydrogens (tertiary/aromatic N) is 4. The third kappa shape index (κ3) is 3.47. The standard InChI is InChI=1S/C18H14ClN5O3/c19-12-4-5-15-14(9-12)23(17(26)11-27-15)10-16(25)22-13-3-1-6-20-18(13)24-8-2-7-21-24/h1-9H,10-11H2,(H,22,25). The highest BCUT2D eigenvalue weighted by Crippen LogP contribution is 2.34. The maximum atomic E-state index is 12.6. The van der Waals surface area contributed by atoms with Crippen LogP contribution in [0.2, 0.25) is 5.02 Å². The highest BCUT2D eigenvalue weighted by molar-refractivity contribution is 6.31. The van der Waals surface area contributed by atoms with Crippen LogP contribution in [0.15, 0.2) is 55.0 Å². The molecular weight excluding hydrogens is 370 g/mol. The molecule has 136 valence electrons. The van der Waals surface area contributed by atoms with Gasteiger partial charge in [0.05, 0.1) is 11.4 Å². The van der Waals surface area contributed by atoms with Crippen molar-refractivity contribution in [2.75, 3.05) is 23.4 Å². The van der Waals surface area contributed by atoms with Crippen LogP contribution in [0, 0.1) is 0 Å². The summed E-state index contributed by atoms with van der Waals surface area (Å²) in [5, 5.41) is 7.36. The lowest BCUT2D eigenvalue weighted by atomic mass is 10.2. The number of carbonyl (C=O) groups is 2. The third-order valence-corrected chi connectivity index (χ3v) is 4.18. The van der Waals surface area contributed by atoms with Gasteiger partial charge in [-0.2, -0.15) is 5.10 Å². The highest BCUT2D eigenvalue weighted by Gasteiger charge is 2.27. The van der Waals surface area contributed by atoms with Crippen LogP contribution in [0.1, 0.15) is 0 Å². The topological polar surface area (TPSA) is 89.4 Å². The Morgan fingerprint density at radius 3 is 2.96 bits per heavy atom.